The van der Waals surface area contributed by atoms with Crippen molar-refractivity contribution >= 4 is 34.7 Å². The number of carbonyl (C=O) groups excluding carboxylic acids is 1. The first-order chi connectivity index (χ1) is 14.8. The smallest absolute Gasteiger partial charge is 0.341 e. The van der Waals surface area contributed by atoms with Crippen molar-refractivity contribution in [2.45, 2.75) is 20.4 Å². The number of halogens is 2. The van der Waals surface area contributed by atoms with E-state index in [9.17, 15) is 4.79 Å². The molecular formula is C21H20Cl2N4O4. The lowest BCUT2D eigenvalue weighted by Gasteiger charge is -2.13. The molecule has 3 aromatic rings. The first-order valence-corrected chi connectivity index (χ1v) is 9.90. The van der Waals surface area contributed by atoms with Crippen LogP contribution in [0.2, 0.25) is 10.0 Å². The molecule has 3 rings (SSSR count). The van der Waals surface area contributed by atoms with Crippen molar-refractivity contribution in [1.82, 2.24) is 19.7 Å². The maximum atomic E-state index is 12.3. The molecule has 0 saturated heterocycles. The topological polar surface area (TPSA) is 88.4 Å². The quantitative estimate of drug-likeness (QED) is 0.288. The highest BCUT2D eigenvalue weighted by Crippen LogP contribution is 2.31. The van der Waals surface area contributed by atoms with Crippen molar-refractivity contribution in [1.29, 1.82) is 0 Å². The van der Waals surface area contributed by atoms with Crippen LogP contribution in [0.3, 0.4) is 0 Å². The first kappa shape index (κ1) is 22.6. The Kier molecular flexibility index (Phi) is 7.14. The number of nitrogens with zero attached hydrogens (tertiary/aromatic N) is 4. The van der Waals surface area contributed by atoms with E-state index in [-0.39, 0.29) is 17.3 Å². The molecule has 2 heterocycles. The van der Waals surface area contributed by atoms with Gasteiger partial charge in [0.1, 0.15) is 11.4 Å². The van der Waals surface area contributed by atoms with Crippen LogP contribution in [-0.2, 0) is 20.8 Å². The van der Waals surface area contributed by atoms with E-state index >= 15 is 0 Å². The zero-order valence-corrected chi connectivity index (χ0v) is 18.9. The van der Waals surface area contributed by atoms with Crippen LogP contribution in [0.25, 0.3) is 5.57 Å². The molecule has 1 aromatic carbocycles. The number of carbonyl (C=O) groups is 1. The number of hydrogen-bond acceptors (Lipinski definition) is 7. The molecule has 0 aliphatic heterocycles. The fourth-order valence-corrected chi connectivity index (χ4v) is 3.45. The van der Waals surface area contributed by atoms with Gasteiger partial charge < -0.3 is 14.2 Å². The Bertz CT molecular complexity index is 1120. The molecule has 0 radical (unpaired) electrons. The van der Waals surface area contributed by atoms with Crippen LogP contribution in [0.4, 0.5) is 0 Å². The molecule has 10 heteroatoms. The number of methoxy groups -OCH3 is 2. The van der Waals surface area contributed by atoms with Crippen molar-refractivity contribution in [3.8, 4) is 11.8 Å². The van der Waals surface area contributed by atoms with Gasteiger partial charge in [-0.05, 0) is 26.0 Å². The zero-order chi connectivity index (χ0) is 22.5. The lowest BCUT2D eigenvalue weighted by atomic mass is 10.1. The molecule has 0 saturated carbocycles. The van der Waals surface area contributed by atoms with Gasteiger partial charge in [-0.15, -0.1) is 5.10 Å². The summed E-state index contributed by atoms with van der Waals surface area (Å²) in [6.45, 7) is 3.81. The van der Waals surface area contributed by atoms with Gasteiger partial charge in [-0.1, -0.05) is 29.3 Å². The molecule has 8 nitrogen and oxygen atoms in total. The Labute approximate surface area is 189 Å². The maximum absolute atomic E-state index is 12.3. The number of hydrogen-bond donors (Lipinski definition) is 0. The summed E-state index contributed by atoms with van der Waals surface area (Å²) in [7, 11) is 2.70. The van der Waals surface area contributed by atoms with Gasteiger partial charge in [-0.3, -0.25) is 4.68 Å². The minimum absolute atomic E-state index is 0.125. The van der Waals surface area contributed by atoms with E-state index in [1.54, 1.807) is 49.0 Å². The summed E-state index contributed by atoms with van der Waals surface area (Å²) < 4.78 is 17.5. The normalized spacial score (nSPS) is 11.4. The van der Waals surface area contributed by atoms with E-state index in [2.05, 4.69) is 15.1 Å². The Morgan fingerprint density at radius 1 is 1.13 bits per heavy atom. The summed E-state index contributed by atoms with van der Waals surface area (Å²) >= 11 is 12.5. The highest BCUT2D eigenvalue weighted by Gasteiger charge is 2.24. The molecule has 31 heavy (non-hydrogen) atoms. The predicted octanol–water partition coefficient (Wildman–Crippen LogP) is 4.60. The van der Waals surface area contributed by atoms with Gasteiger partial charge in [-0.2, -0.15) is 4.98 Å². The van der Waals surface area contributed by atoms with Crippen LogP contribution >= 0.6 is 23.2 Å². The summed E-state index contributed by atoms with van der Waals surface area (Å²) in [5.41, 5.74) is 1.74. The fraction of sp³-hybridized carbons (Fsp3) is 0.238. The molecule has 0 amide bonds. The van der Waals surface area contributed by atoms with Gasteiger partial charge in [0, 0.05) is 27.9 Å². The highest BCUT2D eigenvalue weighted by atomic mass is 35.5. The van der Waals surface area contributed by atoms with Gasteiger partial charge in [-0.25, -0.2) is 9.78 Å². The van der Waals surface area contributed by atoms with E-state index < -0.39 is 5.97 Å². The standard InChI is InChI=1S/C21H20Cl2N4O4/c1-12-19(15(11-29-3)21(28)30-4)20(25-13(2)24-12)31-18-8-9-27(26-18)10-14-16(22)6-5-7-17(14)23/h5-9,11H,10H2,1-4H3. The highest BCUT2D eigenvalue weighted by molar-refractivity contribution is 6.36. The van der Waals surface area contributed by atoms with Crippen LogP contribution in [-0.4, -0.2) is 39.9 Å². The second-order valence-corrected chi connectivity index (χ2v) is 7.26. The van der Waals surface area contributed by atoms with Crippen molar-refractivity contribution in [3.63, 3.8) is 0 Å². The van der Waals surface area contributed by atoms with Crippen molar-refractivity contribution in [2.24, 2.45) is 0 Å². The monoisotopic (exact) mass is 462 g/mol. The molecule has 0 aliphatic rings. The Morgan fingerprint density at radius 3 is 2.48 bits per heavy atom. The van der Waals surface area contributed by atoms with Crippen LogP contribution < -0.4 is 4.74 Å². The largest absolute Gasteiger partial charge is 0.503 e. The Morgan fingerprint density at radius 2 is 1.84 bits per heavy atom. The van der Waals surface area contributed by atoms with E-state index in [4.69, 9.17) is 37.4 Å². The molecule has 0 unspecified atom stereocenters. The zero-order valence-electron chi connectivity index (χ0n) is 17.3. The summed E-state index contributed by atoms with van der Waals surface area (Å²) in [5, 5.41) is 5.49. The first-order valence-electron chi connectivity index (χ1n) is 9.15. The third kappa shape index (κ3) is 5.15. The summed E-state index contributed by atoms with van der Waals surface area (Å²) in [6.07, 6.45) is 2.99. The minimum Gasteiger partial charge on any atom is -0.503 e. The number of ether oxygens (including phenoxy) is 3. The lowest BCUT2D eigenvalue weighted by Crippen LogP contribution is -2.10. The molecule has 0 bridgehead atoms. The molecule has 0 spiro atoms. The van der Waals surface area contributed by atoms with Gasteiger partial charge in [0.05, 0.1) is 38.3 Å². The number of aromatic nitrogens is 4. The second kappa shape index (κ2) is 9.80. The molecule has 0 atom stereocenters. The molecule has 0 N–H and O–H groups in total. The van der Waals surface area contributed by atoms with Crippen LogP contribution in [0.1, 0.15) is 22.6 Å². The van der Waals surface area contributed by atoms with Crippen molar-refractivity contribution < 1.29 is 19.0 Å². The fourth-order valence-electron chi connectivity index (χ4n) is 2.93. The van der Waals surface area contributed by atoms with Crippen LogP contribution in [0, 0.1) is 13.8 Å². The van der Waals surface area contributed by atoms with Gasteiger partial charge >= 0.3 is 5.97 Å². The average molecular weight is 463 g/mol. The minimum atomic E-state index is -0.610. The third-order valence-corrected chi connectivity index (χ3v) is 4.99. The summed E-state index contributed by atoms with van der Waals surface area (Å²) in [4.78, 5) is 21.0. The third-order valence-electron chi connectivity index (χ3n) is 4.28. The lowest BCUT2D eigenvalue weighted by molar-refractivity contribution is -0.133. The number of aryl methyl sites for hydroxylation is 2. The summed E-state index contributed by atoms with van der Waals surface area (Å²) in [6, 6.07) is 6.97. The van der Waals surface area contributed by atoms with Crippen LogP contribution in [0.15, 0.2) is 36.7 Å². The van der Waals surface area contributed by atoms with Gasteiger partial charge in [0.2, 0.25) is 11.8 Å². The number of esters is 1. The Balaban J connectivity index is 1.95. The second-order valence-electron chi connectivity index (χ2n) is 6.45. The predicted molar refractivity (Wildman–Crippen MR) is 116 cm³/mol. The van der Waals surface area contributed by atoms with Crippen LogP contribution in [0.5, 0.6) is 11.8 Å². The van der Waals surface area contributed by atoms with E-state index in [0.29, 0.717) is 33.7 Å². The molecule has 0 aliphatic carbocycles. The molecular weight excluding hydrogens is 443 g/mol. The summed E-state index contributed by atoms with van der Waals surface area (Å²) in [5.74, 6) is 0.282. The van der Waals surface area contributed by atoms with Gasteiger partial charge in [0.25, 0.3) is 0 Å². The Hall–Kier alpha value is -3.10. The maximum Gasteiger partial charge on any atom is 0.341 e. The van der Waals surface area contributed by atoms with Crippen molar-refractivity contribution in [2.75, 3.05) is 14.2 Å². The molecule has 162 valence electrons. The van der Waals surface area contributed by atoms with E-state index in [1.807, 2.05) is 0 Å². The van der Waals surface area contributed by atoms with Crippen molar-refractivity contribution in [3.05, 3.63) is 69.4 Å². The molecule has 0 fully saturated rings. The number of benzene rings is 1. The average Bonchev–Trinajstić information content (AvgIpc) is 3.16. The number of rotatable bonds is 7. The van der Waals surface area contributed by atoms with E-state index in [1.165, 1.54) is 20.5 Å². The SMILES string of the molecule is COC=C(C(=O)OC)c1c(C)nc(C)nc1Oc1ccn(Cc2c(Cl)cccc2Cl)n1. The molecule has 2 aromatic heterocycles. The van der Waals surface area contributed by atoms with E-state index in [0.717, 1.165) is 5.56 Å². The van der Waals surface area contributed by atoms with Gasteiger partial charge in [0.15, 0.2) is 0 Å².